The van der Waals surface area contributed by atoms with E-state index in [4.69, 9.17) is 0 Å². The maximum Gasteiger partial charge on any atom is 0.322 e. The zero-order valence-corrected chi connectivity index (χ0v) is 14.1. The third-order valence-electron chi connectivity index (χ3n) is 3.44. The number of urea groups is 1. The number of hydrogen-bond donors (Lipinski definition) is 2. The van der Waals surface area contributed by atoms with E-state index in [9.17, 15) is 9.59 Å². The molecular weight excluding hydrogens is 308 g/mol. The zero-order chi connectivity index (χ0) is 17.5. The second-order valence-electron chi connectivity index (χ2n) is 5.61. The van der Waals surface area contributed by atoms with Gasteiger partial charge in [0.15, 0.2) is 5.82 Å². The summed E-state index contributed by atoms with van der Waals surface area (Å²) in [6.07, 6.45) is 2.18. The second kappa shape index (κ2) is 8.09. The number of aryl methyl sites for hydroxylation is 1. The van der Waals surface area contributed by atoms with Crippen molar-refractivity contribution in [3.8, 4) is 0 Å². The predicted molar refractivity (Wildman–Crippen MR) is 90.6 cm³/mol. The van der Waals surface area contributed by atoms with Crippen LogP contribution in [0.5, 0.6) is 0 Å². The number of carbonyl (C=O) groups excluding carboxylic acids is 2. The average molecular weight is 330 g/mol. The Morgan fingerprint density at radius 3 is 2.71 bits per heavy atom. The number of nitrogens with zero attached hydrogens (tertiary/aromatic N) is 4. The molecule has 128 valence electrons. The highest BCUT2D eigenvalue weighted by Gasteiger charge is 2.09. The van der Waals surface area contributed by atoms with Crippen molar-refractivity contribution in [2.24, 2.45) is 0 Å². The first-order valence-corrected chi connectivity index (χ1v) is 7.65. The highest BCUT2D eigenvalue weighted by atomic mass is 16.2. The normalized spacial score (nSPS) is 10.3. The summed E-state index contributed by atoms with van der Waals surface area (Å²) in [5.41, 5.74) is 2.42. The number of carbonyl (C=O) groups is 2. The lowest BCUT2D eigenvalue weighted by molar-refractivity contribution is -0.122. The molecular formula is C16H22N6O2. The van der Waals surface area contributed by atoms with E-state index in [1.165, 1.54) is 27.0 Å². The molecule has 3 amide bonds. The van der Waals surface area contributed by atoms with Gasteiger partial charge in [0.2, 0.25) is 5.91 Å². The van der Waals surface area contributed by atoms with Crippen LogP contribution in [0.15, 0.2) is 30.5 Å². The topological polar surface area (TPSA) is 92.2 Å². The molecule has 0 spiro atoms. The molecule has 0 fully saturated rings. The van der Waals surface area contributed by atoms with Crippen LogP contribution in [-0.2, 0) is 17.8 Å². The van der Waals surface area contributed by atoms with Crippen molar-refractivity contribution in [1.82, 2.24) is 25.2 Å². The van der Waals surface area contributed by atoms with Crippen molar-refractivity contribution in [3.05, 3.63) is 41.6 Å². The smallest absolute Gasteiger partial charge is 0.322 e. The molecule has 0 saturated carbocycles. The third-order valence-corrected chi connectivity index (χ3v) is 3.44. The number of rotatable bonds is 6. The molecule has 0 unspecified atom stereocenters. The van der Waals surface area contributed by atoms with E-state index in [0.29, 0.717) is 12.4 Å². The lowest BCUT2D eigenvalue weighted by Gasteiger charge is -2.09. The molecule has 0 aliphatic rings. The highest BCUT2D eigenvalue weighted by Crippen LogP contribution is 2.06. The molecule has 24 heavy (non-hydrogen) atoms. The Balaban J connectivity index is 1.77. The monoisotopic (exact) mass is 330 g/mol. The fourth-order valence-electron chi connectivity index (χ4n) is 2.06. The zero-order valence-electron chi connectivity index (χ0n) is 14.1. The van der Waals surface area contributed by atoms with Gasteiger partial charge in [-0.15, -0.1) is 5.10 Å². The molecule has 1 aromatic carbocycles. The minimum atomic E-state index is -0.301. The maximum atomic E-state index is 11.9. The lowest BCUT2D eigenvalue weighted by Crippen LogP contribution is -2.30. The van der Waals surface area contributed by atoms with E-state index in [0.717, 1.165) is 6.42 Å². The highest BCUT2D eigenvalue weighted by molar-refractivity contribution is 5.87. The van der Waals surface area contributed by atoms with Crippen LogP contribution >= 0.6 is 0 Å². The van der Waals surface area contributed by atoms with Crippen LogP contribution in [0, 0.1) is 6.92 Å². The molecule has 8 heteroatoms. The van der Waals surface area contributed by atoms with E-state index < -0.39 is 0 Å². The van der Waals surface area contributed by atoms with Crippen molar-refractivity contribution in [2.75, 3.05) is 26.0 Å². The van der Waals surface area contributed by atoms with Gasteiger partial charge in [-0.25, -0.2) is 4.79 Å². The fourth-order valence-corrected chi connectivity index (χ4v) is 2.06. The number of aromatic nitrogens is 3. The van der Waals surface area contributed by atoms with Gasteiger partial charge >= 0.3 is 6.03 Å². The summed E-state index contributed by atoms with van der Waals surface area (Å²) in [5, 5.41) is 13.4. The fraction of sp³-hybridized carbons (Fsp3) is 0.375. The van der Waals surface area contributed by atoms with E-state index >= 15 is 0 Å². The molecule has 0 aliphatic carbocycles. The molecule has 0 bridgehead atoms. The summed E-state index contributed by atoms with van der Waals surface area (Å²) >= 11 is 0. The Hall–Kier alpha value is -2.90. The van der Waals surface area contributed by atoms with Gasteiger partial charge < -0.3 is 10.2 Å². The third kappa shape index (κ3) is 5.08. The molecule has 0 aliphatic heterocycles. The molecule has 1 aromatic heterocycles. The van der Waals surface area contributed by atoms with Gasteiger partial charge in [0.1, 0.15) is 6.54 Å². The first kappa shape index (κ1) is 17.5. The van der Waals surface area contributed by atoms with E-state index in [-0.39, 0.29) is 18.5 Å². The van der Waals surface area contributed by atoms with Crippen molar-refractivity contribution in [2.45, 2.75) is 19.9 Å². The molecule has 0 saturated heterocycles. The Morgan fingerprint density at radius 1 is 1.25 bits per heavy atom. The molecule has 2 aromatic rings. The molecule has 1 heterocycles. The van der Waals surface area contributed by atoms with Crippen LogP contribution in [-0.4, -0.2) is 52.5 Å². The molecule has 2 rings (SSSR count). The van der Waals surface area contributed by atoms with Crippen LogP contribution in [0.1, 0.15) is 11.1 Å². The maximum absolute atomic E-state index is 11.9. The largest absolute Gasteiger partial charge is 0.354 e. The Kier molecular flexibility index (Phi) is 5.89. The summed E-state index contributed by atoms with van der Waals surface area (Å²) < 4.78 is 0. The molecule has 0 radical (unpaired) electrons. The number of benzene rings is 1. The molecule has 2 N–H and O–H groups in total. The summed E-state index contributed by atoms with van der Waals surface area (Å²) in [7, 11) is 3.25. The Labute approximate surface area is 140 Å². The van der Waals surface area contributed by atoms with Gasteiger partial charge in [-0.1, -0.05) is 24.3 Å². The van der Waals surface area contributed by atoms with Gasteiger partial charge in [0.25, 0.3) is 0 Å². The number of hydrogen-bond acceptors (Lipinski definition) is 4. The minimum absolute atomic E-state index is 0.00556. The average Bonchev–Trinajstić information content (AvgIpc) is 2.96. The van der Waals surface area contributed by atoms with Crippen LogP contribution in [0.2, 0.25) is 0 Å². The van der Waals surface area contributed by atoms with E-state index in [2.05, 4.69) is 26.9 Å². The van der Waals surface area contributed by atoms with Gasteiger partial charge in [0, 0.05) is 20.6 Å². The minimum Gasteiger partial charge on any atom is -0.354 e. The number of anilines is 1. The summed E-state index contributed by atoms with van der Waals surface area (Å²) in [4.78, 5) is 26.1. The predicted octanol–water partition coefficient (Wildman–Crippen LogP) is 1.04. The Morgan fingerprint density at radius 2 is 2.00 bits per heavy atom. The number of amides is 3. The molecule has 8 nitrogen and oxygen atoms in total. The molecule has 0 atom stereocenters. The van der Waals surface area contributed by atoms with Crippen molar-refractivity contribution in [1.29, 1.82) is 0 Å². The first-order valence-electron chi connectivity index (χ1n) is 7.65. The van der Waals surface area contributed by atoms with E-state index in [1.54, 1.807) is 14.1 Å². The van der Waals surface area contributed by atoms with Crippen LogP contribution < -0.4 is 10.6 Å². The van der Waals surface area contributed by atoms with Crippen LogP contribution in [0.3, 0.4) is 0 Å². The summed E-state index contributed by atoms with van der Waals surface area (Å²) in [6, 6.07) is 7.78. The number of nitrogens with one attached hydrogen (secondary N) is 2. The Bertz CT molecular complexity index is 710. The van der Waals surface area contributed by atoms with E-state index in [1.807, 2.05) is 25.1 Å². The second-order valence-corrected chi connectivity index (χ2v) is 5.61. The summed E-state index contributed by atoms with van der Waals surface area (Å²) in [6.45, 7) is 2.61. The SMILES string of the molecule is Cc1ccccc1CCNC(=O)Cn1ncc(NC(=O)N(C)C)n1. The van der Waals surface area contributed by atoms with Crippen molar-refractivity contribution >= 4 is 17.8 Å². The van der Waals surface area contributed by atoms with Gasteiger partial charge in [-0.2, -0.15) is 9.90 Å². The first-order chi connectivity index (χ1) is 11.5. The standard InChI is InChI=1S/C16H22N6O2/c1-12-6-4-5-7-13(12)8-9-17-15(23)11-22-18-10-14(20-22)19-16(24)21(2)3/h4-7,10H,8-9,11H2,1-3H3,(H,17,23)(H,19,20,24). The van der Waals surface area contributed by atoms with Crippen LogP contribution in [0.25, 0.3) is 0 Å². The quantitative estimate of drug-likeness (QED) is 0.828. The van der Waals surface area contributed by atoms with Crippen molar-refractivity contribution in [3.63, 3.8) is 0 Å². The van der Waals surface area contributed by atoms with Crippen molar-refractivity contribution < 1.29 is 9.59 Å². The summed E-state index contributed by atoms with van der Waals surface area (Å²) in [5.74, 6) is 0.131. The van der Waals surface area contributed by atoms with Gasteiger partial charge in [-0.3, -0.25) is 10.1 Å². The van der Waals surface area contributed by atoms with Crippen LogP contribution in [0.4, 0.5) is 10.6 Å². The van der Waals surface area contributed by atoms with Gasteiger partial charge in [0.05, 0.1) is 6.20 Å². The lowest BCUT2D eigenvalue weighted by atomic mass is 10.1. The van der Waals surface area contributed by atoms with Gasteiger partial charge in [-0.05, 0) is 24.5 Å².